The van der Waals surface area contributed by atoms with Crippen LogP contribution in [-0.2, 0) is 22.8 Å². The highest BCUT2D eigenvalue weighted by molar-refractivity contribution is 5.81. The van der Waals surface area contributed by atoms with Crippen molar-refractivity contribution in [1.82, 2.24) is 5.32 Å². The number of ether oxygens (including phenoxy) is 2. The van der Waals surface area contributed by atoms with Crippen LogP contribution in [0.4, 0.5) is 0 Å². The van der Waals surface area contributed by atoms with Crippen molar-refractivity contribution in [2.45, 2.75) is 20.1 Å². The molecule has 0 aliphatic rings. The second kappa shape index (κ2) is 11.4. The number of amides is 1. The van der Waals surface area contributed by atoms with E-state index in [0.29, 0.717) is 24.7 Å². The van der Waals surface area contributed by atoms with Crippen LogP contribution in [0.5, 0.6) is 11.5 Å². The lowest BCUT2D eigenvalue weighted by Crippen LogP contribution is -2.26. The molecule has 6 heteroatoms. The van der Waals surface area contributed by atoms with Crippen LogP contribution in [0.1, 0.15) is 22.3 Å². The number of rotatable bonds is 10. The number of hydrogen-bond acceptors (Lipinski definition) is 5. The molecule has 0 aliphatic carbocycles. The Morgan fingerprint density at radius 2 is 1.74 bits per heavy atom. The number of nitrogens with zero attached hydrogens (tertiary/aromatic N) is 1. The number of methoxy groups -OCH3 is 1. The van der Waals surface area contributed by atoms with Crippen molar-refractivity contribution in [2.24, 2.45) is 5.16 Å². The number of nitrogens with one attached hydrogen (secondary N) is 1. The highest BCUT2D eigenvalue weighted by atomic mass is 16.6. The van der Waals surface area contributed by atoms with E-state index in [2.05, 4.69) is 10.5 Å². The van der Waals surface area contributed by atoms with Crippen LogP contribution in [0.2, 0.25) is 0 Å². The standard InChI is InChI=1S/C25H26N2O4/c1-19-8-10-20(11-9-19)15-26-25(28)18-31-27-16-22-12-13-23(24(14-22)29-2)30-17-21-6-4-3-5-7-21/h3-14,16H,15,17-18H2,1-2H3,(H,26,28)/b27-16+. The SMILES string of the molecule is COc1cc(/C=N/OCC(=O)NCc2ccc(C)cc2)ccc1OCc1ccccc1. The Kier molecular flexibility index (Phi) is 8.05. The Morgan fingerprint density at radius 1 is 0.968 bits per heavy atom. The lowest BCUT2D eigenvalue weighted by Gasteiger charge is -2.11. The van der Waals surface area contributed by atoms with Gasteiger partial charge in [0.1, 0.15) is 6.61 Å². The Balaban J connectivity index is 1.45. The number of carbonyl (C=O) groups excluding carboxylic acids is 1. The topological polar surface area (TPSA) is 69.2 Å². The number of carbonyl (C=O) groups is 1. The van der Waals surface area contributed by atoms with E-state index >= 15 is 0 Å². The lowest BCUT2D eigenvalue weighted by atomic mass is 10.1. The van der Waals surface area contributed by atoms with Gasteiger partial charge in [0, 0.05) is 12.1 Å². The van der Waals surface area contributed by atoms with Crippen LogP contribution in [0, 0.1) is 6.92 Å². The first-order valence-corrected chi connectivity index (χ1v) is 9.96. The lowest BCUT2D eigenvalue weighted by molar-refractivity contribution is -0.125. The second-order valence-electron chi connectivity index (χ2n) is 6.95. The van der Waals surface area contributed by atoms with E-state index in [1.54, 1.807) is 13.2 Å². The summed E-state index contributed by atoms with van der Waals surface area (Å²) in [6, 6.07) is 23.3. The molecule has 0 atom stereocenters. The van der Waals surface area contributed by atoms with Crippen LogP contribution in [0.25, 0.3) is 0 Å². The van der Waals surface area contributed by atoms with Gasteiger partial charge in [0.05, 0.1) is 13.3 Å². The minimum Gasteiger partial charge on any atom is -0.493 e. The summed E-state index contributed by atoms with van der Waals surface area (Å²) in [7, 11) is 1.58. The maximum Gasteiger partial charge on any atom is 0.261 e. The molecule has 1 N–H and O–H groups in total. The summed E-state index contributed by atoms with van der Waals surface area (Å²) in [5, 5.41) is 6.66. The highest BCUT2D eigenvalue weighted by Crippen LogP contribution is 2.28. The highest BCUT2D eigenvalue weighted by Gasteiger charge is 2.06. The molecule has 0 saturated carbocycles. The van der Waals surface area contributed by atoms with Crippen LogP contribution < -0.4 is 14.8 Å². The van der Waals surface area contributed by atoms with Gasteiger partial charge in [0.15, 0.2) is 18.1 Å². The maximum atomic E-state index is 11.9. The maximum absolute atomic E-state index is 11.9. The van der Waals surface area contributed by atoms with Crippen LogP contribution >= 0.6 is 0 Å². The molecule has 6 nitrogen and oxygen atoms in total. The van der Waals surface area contributed by atoms with E-state index in [0.717, 1.165) is 16.7 Å². The Bertz CT molecular complexity index is 1000. The molecule has 0 heterocycles. The minimum absolute atomic E-state index is 0.155. The van der Waals surface area contributed by atoms with Crippen molar-refractivity contribution in [3.63, 3.8) is 0 Å². The molecule has 0 unspecified atom stereocenters. The number of oxime groups is 1. The van der Waals surface area contributed by atoms with Gasteiger partial charge in [-0.1, -0.05) is 65.3 Å². The molecule has 3 aromatic carbocycles. The molecular formula is C25H26N2O4. The molecule has 1 amide bonds. The molecule has 0 bridgehead atoms. The first kappa shape index (κ1) is 21.9. The molecule has 0 spiro atoms. The first-order valence-electron chi connectivity index (χ1n) is 9.96. The number of aryl methyl sites for hydroxylation is 1. The molecule has 3 aromatic rings. The van der Waals surface area contributed by atoms with Gasteiger partial charge in [-0.15, -0.1) is 0 Å². The van der Waals surface area contributed by atoms with Crippen molar-refractivity contribution < 1.29 is 19.1 Å². The van der Waals surface area contributed by atoms with Gasteiger partial charge in [0.2, 0.25) is 0 Å². The summed E-state index contributed by atoms with van der Waals surface area (Å²) >= 11 is 0. The monoisotopic (exact) mass is 418 g/mol. The van der Waals surface area contributed by atoms with Crippen molar-refractivity contribution in [1.29, 1.82) is 0 Å². The van der Waals surface area contributed by atoms with Crippen LogP contribution in [0.3, 0.4) is 0 Å². The Hall–Kier alpha value is -3.80. The zero-order valence-electron chi connectivity index (χ0n) is 17.7. The summed E-state index contributed by atoms with van der Waals surface area (Å²) in [5.41, 5.74) is 4.05. The fraction of sp³-hybridized carbons (Fsp3) is 0.200. The zero-order chi connectivity index (χ0) is 21.9. The smallest absolute Gasteiger partial charge is 0.261 e. The average molecular weight is 418 g/mol. The van der Waals surface area contributed by atoms with Gasteiger partial charge in [0.25, 0.3) is 5.91 Å². The summed E-state index contributed by atoms with van der Waals surface area (Å²) in [6.07, 6.45) is 1.52. The molecule has 160 valence electrons. The van der Waals surface area contributed by atoms with E-state index in [9.17, 15) is 4.79 Å². The van der Waals surface area contributed by atoms with Crippen LogP contribution in [-0.4, -0.2) is 25.8 Å². The van der Waals surface area contributed by atoms with Gasteiger partial charge < -0.3 is 19.6 Å². The van der Waals surface area contributed by atoms with E-state index in [1.807, 2.05) is 73.7 Å². The van der Waals surface area contributed by atoms with Crippen molar-refractivity contribution in [3.8, 4) is 11.5 Å². The fourth-order valence-corrected chi connectivity index (χ4v) is 2.77. The zero-order valence-corrected chi connectivity index (χ0v) is 17.7. The summed E-state index contributed by atoms with van der Waals surface area (Å²) in [6.45, 7) is 2.77. The normalized spacial score (nSPS) is 10.6. The fourth-order valence-electron chi connectivity index (χ4n) is 2.77. The number of hydrogen-bond donors (Lipinski definition) is 1. The minimum atomic E-state index is -0.236. The molecule has 0 aliphatic heterocycles. The van der Waals surface area contributed by atoms with E-state index in [-0.39, 0.29) is 12.5 Å². The molecule has 0 radical (unpaired) electrons. The van der Waals surface area contributed by atoms with Crippen LogP contribution in [0.15, 0.2) is 78.0 Å². The molecular weight excluding hydrogens is 392 g/mol. The van der Waals surface area contributed by atoms with Gasteiger partial charge in [-0.3, -0.25) is 4.79 Å². The Morgan fingerprint density at radius 3 is 2.48 bits per heavy atom. The molecule has 31 heavy (non-hydrogen) atoms. The summed E-state index contributed by atoms with van der Waals surface area (Å²) in [4.78, 5) is 17.0. The third-order valence-electron chi connectivity index (χ3n) is 4.51. The van der Waals surface area contributed by atoms with Gasteiger partial charge in [-0.25, -0.2) is 0 Å². The molecule has 3 rings (SSSR count). The molecule has 0 aromatic heterocycles. The van der Waals surface area contributed by atoms with E-state index < -0.39 is 0 Å². The van der Waals surface area contributed by atoms with Crippen molar-refractivity contribution in [3.05, 3.63) is 95.1 Å². The quantitative estimate of drug-likeness (QED) is 0.395. The largest absolute Gasteiger partial charge is 0.493 e. The van der Waals surface area contributed by atoms with E-state index in [1.165, 1.54) is 11.8 Å². The summed E-state index contributed by atoms with van der Waals surface area (Å²) < 4.78 is 11.3. The van der Waals surface area contributed by atoms with Gasteiger partial charge in [-0.05, 0) is 36.2 Å². The first-order chi connectivity index (χ1) is 15.1. The average Bonchev–Trinajstić information content (AvgIpc) is 2.81. The van der Waals surface area contributed by atoms with Crippen molar-refractivity contribution in [2.75, 3.05) is 13.7 Å². The van der Waals surface area contributed by atoms with Gasteiger partial charge in [-0.2, -0.15) is 0 Å². The second-order valence-corrected chi connectivity index (χ2v) is 6.95. The number of benzene rings is 3. The van der Waals surface area contributed by atoms with Gasteiger partial charge >= 0.3 is 0 Å². The molecule has 0 fully saturated rings. The third-order valence-corrected chi connectivity index (χ3v) is 4.51. The van der Waals surface area contributed by atoms with Crippen molar-refractivity contribution >= 4 is 12.1 Å². The van der Waals surface area contributed by atoms with E-state index in [4.69, 9.17) is 14.3 Å². The third kappa shape index (κ3) is 7.19. The predicted octanol–water partition coefficient (Wildman–Crippen LogP) is 4.25. The predicted molar refractivity (Wildman–Crippen MR) is 120 cm³/mol. The Labute approximate surface area is 182 Å². The molecule has 0 saturated heterocycles. The summed E-state index contributed by atoms with van der Waals surface area (Å²) in [5.74, 6) is 0.996.